The number of hydrogen-bond donors (Lipinski definition) is 2. The third-order valence-electron chi connectivity index (χ3n) is 11.1. The molecule has 0 aliphatic heterocycles. The zero-order valence-electron chi connectivity index (χ0n) is 29.4. The van der Waals surface area contributed by atoms with Crippen LogP contribution in [-0.4, -0.2) is 12.1 Å². The van der Waals surface area contributed by atoms with Crippen LogP contribution in [0.1, 0.15) is 25.7 Å². The third-order valence-corrected chi connectivity index (χ3v) is 13.6. The molecule has 264 valence electrons. The van der Waals surface area contributed by atoms with E-state index in [1.165, 1.54) is 21.5 Å². The fraction of sp³-hybridized carbons (Fsp3) is 0.130. The van der Waals surface area contributed by atoms with Crippen LogP contribution >= 0.6 is 16.3 Å². The Hall–Kier alpha value is -5.48. The summed E-state index contributed by atoms with van der Waals surface area (Å²) in [6, 6.07) is 51.2. The maximum atomic E-state index is 6.88. The van der Waals surface area contributed by atoms with Crippen LogP contribution in [0.25, 0.3) is 87.0 Å². The topological polar surface area (TPSA) is 76.6 Å². The molecule has 0 unspecified atom stereocenters. The lowest BCUT2D eigenvalue weighted by molar-refractivity contribution is 0.427. The molecule has 54 heavy (non-hydrogen) atoms. The standard InChI is InChI=1S/C46H36N2O4P2/c1-5-15-33-29(11-1)21-25-39-43(33)44-34-16-6-2-12-30(34)22-26-40(44)50-53(49-39)47-37-19-9-10-20-38(37)48-54-51-41-27-23-31-13-3-7-17-35(31)45(41)46-36-18-8-4-14-32(36)24-28-42(46)52-54/h1-8,11-18,21-28,37-38,47-48H,9-10,19-20H2/t37-,38-/m0/s1. The van der Waals surface area contributed by atoms with E-state index >= 15 is 0 Å². The summed E-state index contributed by atoms with van der Waals surface area (Å²) in [6.07, 6.45) is 4.18. The molecule has 10 aromatic rings. The van der Waals surface area contributed by atoms with Gasteiger partial charge in [-0.05, 0) is 80.2 Å². The summed E-state index contributed by atoms with van der Waals surface area (Å²) in [5, 5.41) is 21.3. The normalized spacial score (nSPS) is 16.4. The molecule has 1 aliphatic carbocycles. The maximum absolute atomic E-state index is 6.88. The van der Waals surface area contributed by atoms with Crippen molar-refractivity contribution in [1.82, 2.24) is 0 Å². The van der Waals surface area contributed by atoms with Crippen molar-refractivity contribution in [3.8, 4) is 0 Å². The van der Waals surface area contributed by atoms with Gasteiger partial charge in [0.2, 0.25) is 0 Å². The summed E-state index contributed by atoms with van der Waals surface area (Å²) in [5.41, 5.74) is 3.32. The van der Waals surface area contributed by atoms with Crippen LogP contribution < -0.4 is 10.2 Å². The van der Waals surface area contributed by atoms with Gasteiger partial charge in [0.25, 0.3) is 0 Å². The van der Waals surface area contributed by atoms with Crippen molar-refractivity contribution in [1.29, 1.82) is 0 Å². The van der Waals surface area contributed by atoms with Crippen LogP contribution in [0, 0.1) is 0 Å². The fourth-order valence-electron chi connectivity index (χ4n) is 8.55. The van der Waals surface area contributed by atoms with Crippen molar-refractivity contribution in [2.45, 2.75) is 37.8 Å². The molecule has 6 nitrogen and oxygen atoms in total. The first-order valence-corrected chi connectivity index (χ1v) is 21.0. The number of rotatable bonds is 4. The molecule has 8 heteroatoms. The molecule has 1 saturated carbocycles. The lowest BCUT2D eigenvalue weighted by atomic mass is 9.92. The average molecular weight is 743 g/mol. The molecule has 2 N–H and O–H groups in total. The average Bonchev–Trinajstić information content (AvgIpc) is 3.49. The van der Waals surface area contributed by atoms with Crippen molar-refractivity contribution in [2.75, 3.05) is 10.2 Å². The second kappa shape index (κ2) is 13.1. The van der Waals surface area contributed by atoms with Crippen LogP contribution in [0.5, 0.6) is 0 Å². The van der Waals surface area contributed by atoms with E-state index in [0.717, 1.165) is 91.1 Å². The Kier molecular flexibility index (Phi) is 7.78. The van der Waals surface area contributed by atoms with E-state index in [1.807, 2.05) is 0 Å². The Bertz CT molecular complexity index is 2760. The highest BCUT2D eigenvalue weighted by Crippen LogP contribution is 2.44. The molecule has 8 aromatic carbocycles. The number of fused-ring (bicyclic) bond motifs is 14. The van der Waals surface area contributed by atoms with Crippen LogP contribution in [0.3, 0.4) is 0 Å². The minimum atomic E-state index is -1.55. The quantitative estimate of drug-likeness (QED) is 0.187. The smallest absolute Gasteiger partial charge is 0.307 e. The van der Waals surface area contributed by atoms with Crippen molar-refractivity contribution >= 4 is 103 Å². The summed E-state index contributed by atoms with van der Waals surface area (Å²) in [4.78, 5) is 0. The minimum Gasteiger partial charge on any atom is -0.408 e. The Balaban J connectivity index is 1.05. The molecule has 0 saturated heterocycles. The van der Waals surface area contributed by atoms with E-state index in [2.05, 4.69) is 156 Å². The first kappa shape index (κ1) is 32.0. The second-order valence-electron chi connectivity index (χ2n) is 14.3. The highest BCUT2D eigenvalue weighted by molar-refractivity contribution is 7.39. The SMILES string of the molecule is c1ccc2c(c1)ccc1op(N[C@H]3CCCC[C@@H]3Np3oc4ccc5ccccc5c4c4c(ccc5ccccc54)o3)oc3ccc4ccccc4c3c12. The van der Waals surface area contributed by atoms with E-state index in [-0.39, 0.29) is 12.1 Å². The summed E-state index contributed by atoms with van der Waals surface area (Å²) in [6.45, 7) is 0. The Labute approximate surface area is 312 Å². The van der Waals surface area contributed by atoms with Gasteiger partial charge in [-0.1, -0.05) is 134 Å². The number of benzene rings is 8. The predicted octanol–water partition coefficient (Wildman–Crippen LogP) is 14.6. The van der Waals surface area contributed by atoms with Crippen LogP contribution in [0.15, 0.2) is 162 Å². The summed E-state index contributed by atoms with van der Waals surface area (Å²) in [5.74, 6) is 0. The highest BCUT2D eigenvalue weighted by Gasteiger charge is 2.29. The monoisotopic (exact) mass is 742 g/mol. The van der Waals surface area contributed by atoms with E-state index in [4.69, 9.17) is 16.8 Å². The summed E-state index contributed by atoms with van der Waals surface area (Å²) < 4.78 is 27.5. The zero-order valence-corrected chi connectivity index (χ0v) is 31.2. The third kappa shape index (κ3) is 5.41. The van der Waals surface area contributed by atoms with E-state index in [9.17, 15) is 0 Å². The van der Waals surface area contributed by atoms with Gasteiger partial charge in [-0.15, -0.1) is 0 Å². The molecule has 11 rings (SSSR count). The molecule has 2 atom stereocenters. The molecular formula is C46H36N2O4P2. The van der Waals surface area contributed by atoms with Crippen LogP contribution in [0.2, 0.25) is 0 Å². The van der Waals surface area contributed by atoms with E-state index < -0.39 is 16.3 Å². The molecule has 2 aromatic heterocycles. The van der Waals surface area contributed by atoms with Crippen molar-refractivity contribution < 1.29 is 16.8 Å². The highest BCUT2D eigenvalue weighted by atomic mass is 31.1. The molecule has 0 spiro atoms. The Morgan fingerprint density at radius 2 is 0.630 bits per heavy atom. The first-order chi connectivity index (χ1) is 26.7. The van der Waals surface area contributed by atoms with Gasteiger partial charge >= 0.3 is 16.3 Å². The molecule has 1 fully saturated rings. The molecule has 0 radical (unpaired) electrons. The van der Waals surface area contributed by atoms with Gasteiger partial charge in [-0.25, -0.2) is 10.2 Å². The molecule has 0 amide bonds. The van der Waals surface area contributed by atoms with Gasteiger partial charge in [-0.2, -0.15) is 0 Å². The van der Waals surface area contributed by atoms with Crippen LogP contribution in [0.4, 0.5) is 0 Å². The van der Waals surface area contributed by atoms with Gasteiger partial charge in [0.15, 0.2) is 0 Å². The Morgan fingerprint density at radius 1 is 0.352 bits per heavy atom. The van der Waals surface area contributed by atoms with Gasteiger partial charge in [-0.3, -0.25) is 0 Å². The lowest BCUT2D eigenvalue weighted by Gasteiger charge is -2.30. The van der Waals surface area contributed by atoms with Crippen molar-refractivity contribution in [3.63, 3.8) is 0 Å². The van der Waals surface area contributed by atoms with E-state index in [0.29, 0.717) is 0 Å². The van der Waals surface area contributed by atoms with Crippen molar-refractivity contribution in [2.24, 2.45) is 0 Å². The van der Waals surface area contributed by atoms with Crippen molar-refractivity contribution in [3.05, 3.63) is 146 Å². The van der Waals surface area contributed by atoms with Gasteiger partial charge in [0.05, 0.1) is 0 Å². The van der Waals surface area contributed by atoms with Crippen LogP contribution in [-0.2, 0) is 0 Å². The number of nitrogens with one attached hydrogen (secondary N) is 2. The maximum Gasteiger partial charge on any atom is 0.307 e. The van der Waals surface area contributed by atoms with Gasteiger partial charge in [0.1, 0.15) is 22.3 Å². The molecule has 1 aliphatic rings. The summed E-state index contributed by atoms with van der Waals surface area (Å²) >= 11 is 0. The zero-order chi connectivity index (χ0) is 35.6. The fourth-order valence-corrected chi connectivity index (χ4v) is 11.3. The molecular weight excluding hydrogens is 706 g/mol. The number of hydrogen-bond acceptors (Lipinski definition) is 6. The predicted molar refractivity (Wildman–Crippen MR) is 227 cm³/mol. The molecule has 2 heterocycles. The lowest BCUT2D eigenvalue weighted by Crippen LogP contribution is -2.40. The van der Waals surface area contributed by atoms with E-state index in [1.54, 1.807) is 0 Å². The van der Waals surface area contributed by atoms with Gasteiger partial charge < -0.3 is 16.8 Å². The minimum absolute atomic E-state index is 0.0703. The largest absolute Gasteiger partial charge is 0.408 e. The summed E-state index contributed by atoms with van der Waals surface area (Å²) in [7, 11) is -3.10. The van der Waals surface area contributed by atoms with Gasteiger partial charge in [0, 0.05) is 33.6 Å². The Morgan fingerprint density at radius 3 is 0.926 bits per heavy atom. The molecule has 0 bridgehead atoms. The first-order valence-electron chi connectivity index (χ1n) is 18.7. The second-order valence-corrected chi connectivity index (χ2v) is 16.5.